The first-order valence-electron chi connectivity index (χ1n) is 10.1. The molecular weight excluding hydrogens is 376 g/mol. The average Bonchev–Trinajstić information content (AvgIpc) is 2.99. The van der Waals surface area contributed by atoms with E-state index in [2.05, 4.69) is 44.4 Å². The Morgan fingerprint density at radius 1 is 1.10 bits per heavy atom. The molecule has 0 atom stereocenters. The van der Waals surface area contributed by atoms with Gasteiger partial charge in [0.15, 0.2) is 0 Å². The standard InChI is InChI=1S/C23H26N6O/c1-28-11-4-12-29(14-13-28)19-9-7-18(8-10-19)25-16-22(27-24)20-15-17-5-2-3-6-21(17)26-23(20)30/h2-3,5-10,15-16,24-25H,4,11-14H2,1H3,(H,26,30)/b22-16-,27-24?. The summed E-state index contributed by atoms with van der Waals surface area (Å²) in [6.07, 6.45) is 2.76. The Bertz CT molecular complexity index is 1120. The predicted molar refractivity (Wildman–Crippen MR) is 122 cm³/mol. The van der Waals surface area contributed by atoms with Crippen molar-refractivity contribution >= 4 is 28.0 Å². The summed E-state index contributed by atoms with van der Waals surface area (Å²) in [7, 11) is 2.17. The van der Waals surface area contributed by atoms with Crippen LogP contribution in [0.25, 0.3) is 16.6 Å². The zero-order chi connectivity index (χ0) is 20.9. The summed E-state index contributed by atoms with van der Waals surface area (Å²) in [6.45, 7) is 4.28. The average molecular weight is 403 g/mol. The highest BCUT2D eigenvalue weighted by atomic mass is 16.1. The second kappa shape index (κ2) is 8.92. The molecule has 1 saturated heterocycles. The minimum atomic E-state index is -0.265. The molecule has 1 aliphatic rings. The molecule has 3 N–H and O–H groups in total. The molecule has 4 rings (SSSR count). The van der Waals surface area contributed by atoms with Gasteiger partial charge in [-0.15, -0.1) is 0 Å². The number of likely N-dealkylation sites (N-methyl/N-ethyl adjacent to an activating group) is 1. The molecule has 0 unspecified atom stereocenters. The first kappa shape index (κ1) is 19.8. The van der Waals surface area contributed by atoms with E-state index in [1.54, 1.807) is 12.3 Å². The van der Waals surface area contributed by atoms with Gasteiger partial charge in [-0.2, -0.15) is 5.11 Å². The predicted octanol–water partition coefficient (Wildman–Crippen LogP) is 4.11. The molecule has 0 amide bonds. The highest BCUT2D eigenvalue weighted by molar-refractivity contribution is 5.82. The van der Waals surface area contributed by atoms with E-state index in [0.717, 1.165) is 49.2 Å². The molecule has 2 heterocycles. The second-order valence-electron chi connectivity index (χ2n) is 7.58. The van der Waals surface area contributed by atoms with Gasteiger partial charge in [0.2, 0.25) is 0 Å². The number of fused-ring (bicyclic) bond motifs is 1. The van der Waals surface area contributed by atoms with E-state index in [0.29, 0.717) is 5.56 Å². The van der Waals surface area contributed by atoms with Gasteiger partial charge in [-0.3, -0.25) is 4.79 Å². The van der Waals surface area contributed by atoms with Crippen LogP contribution in [0.2, 0.25) is 0 Å². The summed E-state index contributed by atoms with van der Waals surface area (Å²) in [6, 6.07) is 17.5. The fraction of sp³-hybridized carbons (Fsp3) is 0.261. The van der Waals surface area contributed by atoms with Crippen LogP contribution in [0.5, 0.6) is 0 Å². The summed E-state index contributed by atoms with van der Waals surface area (Å²) in [5, 5.41) is 7.63. The minimum absolute atomic E-state index is 0.265. The quantitative estimate of drug-likeness (QED) is 0.561. The number of para-hydroxylation sites is 1. The summed E-state index contributed by atoms with van der Waals surface area (Å²) >= 11 is 0. The van der Waals surface area contributed by atoms with E-state index in [1.807, 2.05) is 36.4 Å². The molecule has 7 heteroatoms. The Morgan fingerprint density at radius 2 is 1.90 bits per heavy atom. The summed E-state index contributed by atoms with van der Waals surface area (Å²) in [4.78, 5) is 20.1. The third-order valence-electron chi connectivity index (χ3n) is 5.48. The van der Waals surface area contributed by atoms with Crippen LogP contribution in [0.4, 0.5) is 11.4 Å². The minimum Gasteiger partial charge on any atom is -0.370 e. The van der Waals surface area contributed by atoms with Crippen LogP contribution in [0, 0.1) is 5.53 Å². The highest BCUT2D eigenvalue weighted by Crippen LogP contribution is 2.21. The van der Waals surface area contributed by atoms with Gasteiger partial charge in [0.05, 0.1) is 5.56 Å². The van der Waals surface area contributed by atoms with Crippen molar-refractivity contribution in [3.63, 3.8) is 0 Å². The number of hydrogen-bond donors (Lipinski definition) is 3. The molecule has 0 saturated carbocycles. The molecule has 0 bridgehead atoms. The number of aromatic amines is 1. The molecule has 0 spiro atoms. The van der Waals surface area contributed by atoms with Crippen molar-refractivity contribution in [3.8, 4) is 0 Å². The van der Waals surface area contributed by atoms with Gasteiger partial charge in [-0.05, 0) is 61.8 Å². The van der Waals surface area contributed by atoms with Crippen LogP contribution in [0.3, 0.4) is 0 Å². The Morgan fingerprint density at radius 3 is 2.70 bits per heavy atom. The smallest absolute Gasteiger partial charge is 0.258 e. The Labute approximate surface area is 175 Å². The summed E-state index contributed by atoms with van der Waals surface area (Å²) < 4.78 is 0. The molecule has 7 nitrogen and oxygen atoms in total. The lowest BCUT2D eigenvalue weighted by atomic mass is 10.1. The number of aromatic nitrogens is 1. The fourth-order valence-corrected chi connectivity index (χ4v) is 3.73. The molecule has 154 valence electrons. The van der Waals surface area contributed by atoms with Gasteiger partial charge in [-0.1, -0.05) is 18.2 Å². The van der Waals surface area contributed by atoms with Crippen LogP contribution in [0.1, 0.15) is 12.0 Å². The molecule has 1 aliphatic heterocycles. The lowest BCUT2D eigenvalue weighted by molar-refractivity contribution is 0.360. The number of hydrogen-bond acceptors (Lipinski definition) is 6. The number of anilines is 2. The topological polar surface area (TPSA) is 87.6 Å². The normalized spacial score (nSPS) is 15.8. The van der Waals surface area contributed by atoms with Crippen molar-refractivity contribution in [2.75, 3.05) is 43.4 Å². The molecule has 0 aliphatic carbocycles. The van der Waals surface area contributed by atoms with Gasteiger partial charge < -0.3 is 20.1 Å². The Kier molecular flexibility index (Phi) is 5.90. The van der Waals surface area contributed by atoms with Gasteiger partial charge in [0, 0.05) is 42.7 Å². The zero-order valence-electron chi connectivity index (χ0n) is 17.1. The molecule has 3 aromatic rings. The Balaban J connectivity index is 1.51. The van der Waals surface area contributed by atoms with Crippen LogP contribution < -0.4 is 15.8 Å². The van der Waals surface area contributed by atoms with Crippen LogP contribution in [-0.4, -0.2) is 43.1 Å². The van der Waals surface area contributed by atoms with Crippen LogP contribution in [0.15, 0.2) is 70.7 Å². The number of pyridine rings is 1. The van der Waals surface area contributed by atoms with Crippen molar-refractivity contribution in [2.24, 2.45) is 5.11 Å². The van der Waals surface area contributed by atoms with Crippen LogP contribution in [-0.2, 0) is 0 Å². The van der Waals surface area contributed by atoms with Crippen molar-refractivity contribution in [2.45, 2.75) is 6.42 Å². The van der Waals surface area contributed by atoms with Gasteiger partial charge >= 0.3 is 0 Å². The number of nitrogens with zero attached hydrogens (tertiary/aromatic N) is 3. The SMILES string of the molecule is CN1CCCN(c2ccc(N/C=C(\N=N)c3cc4ccccc4[nH]c3=O)cc2)CC1. The first-order chi connectivity index (χ1) is 14.6. The maximum atomic E-state index is 12.4. The van der Waals surface area contributed by atoms with Crippen molar-refractivity contribution in [1.29, 1.82) is 5.53 Å². The van der Waals surface area contributed by atoms with E-state index in [1.165, 1.54) is 5.69 Å². The van der Waals surface area contributed by atoms with Gasteiger partial charge in [-0.25, -0.2) is 5.53 Å². The largest absolute Gasteiger partial charge is 0.370 e. The first-order valence-corrected chi connectivity index (χ1v) is 10.1. The lowest BCUT2D eigenvalue weighted by Gasteiger charge is -2.23. The number of H-pyrrole nitrogens is 1. The van der Waals surface area contributed by atoms with Crippen molar-refractivity contribution < 1.29 is 0 Å². The third kappa shape index (κ3) is 4.41. The number of rotatable bonds is 5. The molecular formula is C23H26N6O. The lowest BCUT2D eigenvalue weighted by Crippen LogP contribution is -2.28. The number of nitrogens with one attached hydrogen (secondary N) is 3. The van der Waals surface area contributed by atoms with Crippen molar-refractivity contribution in [1.82, 2.24) is 9.88 Å². The molecule has 1 fully saturated rings. The number of benzene rings is 2. The molecule has 1 aromatic heterocycles. The fourth-order valence-electron chi connectivity index (χ4n) is 3.73. The molecule has 30 heavy (non-hydrogen) atoms. The maximum Gasteiger partial charge on any atom is 0.258 e. The summed E-state index contributed by atoms with van der Waals surface area (Å²) in [5.41, 5.74) is 10.7. The monoisotopic (exact) mass is 402 g/mol. The van der Waals surface area contributed by atoms with E-state index < -0.39 is 0 Å². The zero-order valence-corrected chi connectivity index (χ0v) is 17.1. The van der Waals surface area contributed by atoms with Gasteiger partial charge in [0.25, 0.3) is 5.56 Å². The van der Waals surface area contributed by atoms with E-state index in [4.69, 9.17) is 5.53 Å². The highest BCUT2D eigenvalue weighted by Gasteiger charge is 2.12. The van der Waals surface area contributed by atoms with Crippen LogP contribution >= 0.6 is 0 Å². The third-order valence-corrected chi connectivity index (χ3v) is 5.48. The van der Waals surface area contributed by atoms with Crippen molar-refractivity contribution in [3.05, 3.63) is 76.7 Å². The molecule has 0 radical (unpaired) electrons. The maximum absolute atomic E-state index is 12.4. The molecule has 2 aromatic carbocycles. The van der Waals surface area contributed by atoms with E-state index >= 15 is 0 Å². The Hall–Kier alpha value is -3.45. The van der Waals surface area contributed by atoms with E-state index in [9.17, 15) is 4.79 Å². The summed E-state index contributed by atoms with van der Waals surface area (Å²) in [5.74, 6) is 0. The van der Waals surface area contributed by atoms with E-state index in [-0.39, 0.29) is 11.3 Å². The van der Waals surface area contributed by atoms with Gasteiger partial charge in [0.1, 0.15) is 5.70 Å². The second-order valence-corrected chi connectivity index (χ2v) is 7.58.